The monoisotopic (exact) mass is 492 g/mol. The molecule has 0 atom stereocenters. The van der Waals surface area contributed by atoms with Crippen molar-refractivity contribution in [2.24, 2.45) is 0 Å². The molecule has 1 aliphatic heterocycles. The van der Waals surface area contributed by atoms with Gasteiger partial charge in [-0.15, -0.1) is 0 Å². The van der Waals surface area contributed by atoms with Crippen molar-refractivity contribution < 1.29 is 27.5 Å². The average Bonchev–Trinajstić information content (AvgIpc) is 2.91. The lowest BCUT2D eigenvalue weighted by atomic mass is 10.0. The van der Waals surface area contributed by atoms with E-state index < -0.39 is 29.1 Å². The van der Waals surface area contributed by atoms with Crippen LogP contribution in [-0.2, 0) is 4.74 Å². The zero-order valence-corrected chi connectivity index (χ0v) is 18.8. The van der Waals surface area contributed by atoms with Crippen molar-refractivity contribution >= 4 is 34.2 Å². The van der Waals surface area contributed by atoms with Crippen LogP contribution in [0.2, 0.25) is 0 Å². The molecule has 1 N–H and O–H groups in total. The summed E-state index contributed by atoms with van der Waals surface area (Å²) in [6, 6.07) is 11.3. The van der Waals surface area contributed by atoms with Gasteiger partial charge in [-0.25, -0.2) is 18.2 Å². The number of carbonyl (C=O) groups is 2. The first-order valence-electron chi connectivity index (χ1n) is 11.1. The fourth-order valence-corrected chi connectivity index (χ4v) is 3.88. The molecular formula is C26H19F3N4O3. The molecule has 10 heteroatoms. The van der Waals surface area contributed by atoms with E-state index >= 15 is 4.39 Å². The van der Waals surface area contributed by atoms with Crippen molar-refractivity contribution in [2.45, 2.75) is 0 Å². The molecule has 0 radical (unpaired) electrons. The van der Waals surface area contributed by atoms with Gasteiger partial charge in [0.2, 0.25) is 0 Å². The number of benzene rings is 3. The van der Waals surface area contributed by atoms with Crippen LogP contribution in [0.4, 0.5) is 24.7 Å². The molecule has 5 rings (SSSR count). The number of morpholine rings is 1. The van der Waals surface area contributed by atoms with Crippen molar-refractivity contribution in [3.8, 4) is 0 Å². The van der Waals surface area contributed by atoms with Crippen molar-refractivity contribution in [3.63, 3.8) is 0 Å². The molecule has 1 aliphatic rings. The number of nitrogens with zero attached hydrogens (tertiary/aromatic N) is 3. The van der Waals surface area contributed by atoms with E-state index in [0.717, 1.165) is 12.1 Å². The van der Waals surface area contributed by atoms with Crippen LogP contribution in [0.3, 0.4) is 0 Å². The van der Waals surface area contributed by atoms with Gasteiger partial charge in [0.05, 0.1) is 41.7 Å². The smallest absolute Gasteiger partial charge is 0.255 e. The summed E-state index contributed by atoms with van der Waals surface area (Å²) in [5, 5.41) is 2.30. The Hall–Kier alpha value is -4.31. The predicted octanol–water partition coefficient (Wildman–Crippen LogP) is 4.37. The average molecular weight is 492 g/mol. The van der Waals surface area contributed by atoms with Crippen molar-refractivity contribution in [1.82, 2.24) is 9.97 Å². The number of hydrogen-bond acceptors (Lipinski definition) is 6. The number of halogens is 3. The van der Waals surface area contributed by atoms with Crippen LogP contribution >= 0.6 is 0 Å². The molecule has 4 aromatic rings. The van der Waals surface area contributed by atoms with Crippen LogP contribution in [0.25, 0.3) is 11.0 Å². The molecule has 1 saturated heterocycles. The highest BCUT2D eigenvalue weighted by molar-refractivity contribution is 6.11. The van der Waals surface area contributed by atoms with Gasteiger partial charge in [-0.2, -0.15) is 0 Å². The highest BCUT2D eigenvalue weighted by Crippen LogP contribution is 2.24. The fourth-order valence-electron chi connectivity index (χ4n) is 3.88. The molecule has 36 heavy (non-hydrogen) atoms. The number of carbonyl (C=O) groups excluding carboxylic acids is 2. The predicted molar refractivity (Wildman–Crippen MR) is 127 cm³/mol. The zero-order valence-electron chi connectivity index (χ0n) is 18.8. The molecule has 0 unspecified atom stereocenters. The lowest BCUT2D eigenvalue weighted by molar-refractivity contribution is 0.101. The van der Waals surface area contributed by atoms with Crippen LogP contribution in [0.15, 0.2) is 60.8 Å². The van der Waals surface area contributed by atoms with E-state index in [9.17, 15) is 18.4 Å². The molecule has 0 aliphatic carbocycles. The van der Waals surface area contributed by atoms with E-state index in [1.54, 1.807) is 18.3 Å². The number of anilines is 2. The molecular weight excluding hydrogens is 473 g/mol. The topological polar surface area (TPSA) is 84.4 Å². The Kier molecular flexibility index (Phi) is 6.34. The second kappa shape index (κ2) is 9.74. The number of rotatable bonds is 5. The van der Waals surface area contributed by atoms with Gasteiger partial charge in [-0.05, 0) is 48.5 Å². The van der Waals surface area contributed by atoms with Crippen LogP contribution in [-0.4, -0.2) is 48.0 Å². The first kappa shape index (κ1) is 23.4. The van der Waals surface area contributed by atoms with Gasteiger partial charge in [-0.1, -0.05) is 6.07 Å². The molecule has 182 valence electrons. The Labute approximate surface area is 203 Å². The summed E-state index contributed by atoms with van der Waals surface area (Å²) in [6.45, 7) is 2.52. The highest BCUT2D eigenvalue weighted by atomic mass is 19.2. The van der Waals surface area contributed by atoms with Gasteiger partial charge in [0.1, 0.15) is 5.82 Å². The van der Waals surface area contributed by atoms with Gasteiger partial charge < -0.3 is 15.0 Å². The van der Waals surface area contributed by atoms with E-state index in [2.05, 4.69) is 15.3 Å². The molecule has 1 fully saturated rings. The maximum absolute atomic E-state index is 15.2. The Morgan fingerprint density at radius 2 is 1.67 bits per heavy atom. The second-order valence-corrected chi connectivity index (χ2v) is 8.11. The Morgan fingerprint density at radius 3 is 2.44 bits per heavy atom. The lowest BCUT2D eigenvalue weighted by Gasteiger charge is -2.27. The van der Waals surface area contributed by atoms with E-state index in [1.165, 1.54) is 24.3 Å². The standard InChI is InChI=1S/C26H19F3N4O3/c27-18-6-4-16(12-19(18)28)26(35)32-21-3-1-2-17(24(21)29)25(34)15-5-7-20-22(13-15)31-23(14-30-20)33-8-10-36-11-9-33/h1-7,12-14H,8-11H2,(H,32,35). The number of aromatic nitrogens is 2. The van der Waals surface area contributed by atoms with Gasteiger partial charge in [0.25, 0.3) is 5.91 Å². The number of amides is 1. The summed E-state index contributed by atoms with van der Waals surface area (Å²) >= 11 is 0. The molecule has 0 saturated carbocycles. The lowest BCUT2D eigenvalue weighted by Crippen LogP contribution is -2.36. The van der Waals surface area contributed by atoms with Gasteiger partial charge in [0, 0.05) is 24.2 Å². The maximum atomic E-state index is 15.2. The normalized spacial score (nSPS) is 13.6. The number of fused-ring (bicyclic) bond motifs is 1. The summed E-state index contributed by atoms with van der Waals surface area (Å²) in [5.74, 6) is -4.08. The summed E-state index contributed by atoms with van der Waals surface area (Å²) in [6.07, 6.45) is 1.66. The molecule has 0 bridgehead atoms. The minimum atomic E-state index is -1.21. The Balaban J connectivity index is 1.41. The van der Waals surface area contributed by atoms with Gasteiger partial charge >= 0.3 is 0 Å². The van der Waals surface area contributed by atoms with Crippen LogP contribution in [0.1, 0.15) is 26.3 Å². The number of hydrogen-bond donors (Lipinski definition) is 1. The molecule has 7 nitrogen and oxygen atoms in total. The van der Waals surface area contributed by atoms with Crippen molar-refractivity contribution in [3.05, 3.63) is 94.9 Å². The van der Waals surface area contributed by atoms with E-state index in [4.69, 9.17) is 4.74 Å². The zero-order chi connectivity index (χ0) is 25.2. The third-order valence-electron chi connectivity index (χ3n) is 5.80. The van der Waals surface area contributed by atoms with Crippen molar-refractivity contribution in [1.29, 1.82) is 0 Å². The number of ether oxygens (including phenoxy) is 1. The van der Waals surface area contributed by atoms with E-state index in [1.807, 2.05) is 4.90 Å². The first-order chi connectivity index (χ1) is 17.4. The Morgan fingerprint density at radius 1 is 0.889 bits per heavy atom. The summed E-state index contributed by atoms with van der Waals surface area (Å²) in [7, 11) is 0. The van der Waals surface area contributed by atoms with E-state index in [-0.39, 0.29) is 22.4 Å². The maximum Gasteiger partial charge on any atom is 0.255 e. The molecule has 2 heterocycles. The second-order valence-electron chi connectivity index (χ2n) is 8.11. The number of ketones is 1. The highest BCUT2D eigenvalue weighted by Gasteiger charge is 2.20. The van der Waals surface area contributed by atoms with Gasteiger partial charge in [0.15, 0.2) is 23.2 Å². The molecule has 1 amide bonds. The molecule has 1 aromatic heterocycles. The fraction of sp³-hybridized carbons (Fsp3) is 0.154. The molecule has 0 spiro atoms. The molecule has 3 aromatic carbocycles. The third kappa shape index (κ3) is 4.63. The first-order valence-corrected chi connectivity index (χ1v) is 11.1. The third-order valence-corrected chi connectivity index (χ3v) is 5.80. The largest absolute Gasteiger partial charge is 0.378 e. The van der Waals surface area contributed by atoms with Crippen LogP contribution in [0.5, 0.6) is 0 Å². The van der Waals surface area contributed by atoms with Crippen LogP contribution in [0, 0.1) is 17.5 Å². The van der Waals surface area contributed by atoms with Gasteiger partial charge in [-0.3, -0.25) is 14.6 Å². The Bertz CT molecular complexity index is 1490. The quantitative estimate of drug-likeness (QED) is 0.417. The SMILES string of the molecule is O=C(Nc1cccc(C(=O)c2ccc3ncc(N4CCOCC4)nc3c2)c1F)c1ccc(F)c(F)c1. The number of nitrogens with one attached hydrogen (secondary N) is 1. The summed E-state index contributed by atoms with van der Waals surface area (Å²) in [5.41, 5.74) is 0.512. The summed E-state index contributed by atoms with van der Waals surface area (Å²) < 4.78 is 47.2. The van der Waals surface area contributed by atoms with Crippen LogP contribution < -0.4 is 10.2 Å². The minimum absolute atomic E-state index is 0.193. The summed E-state index contributed by atoms with van der Waals surface area (Å²) in [4.78, 5) is 36.6. The minimum Gasteiger partial charge on any atom is -0.378 e. The van der Waals surface area contributed by atoms with E-state index in [0.29, 0.717) is 49.2 Å². The van der Waals surface area contributed by atoms with Crippen molar-refractivity contribution in [2.75, 3.05) is 36.5 Å².